The summed E-state index contributed by atoms with van der Waals surface area (Å²) in [6, 6.07) is 4.90. The highest BCUT2D eigenvalue weighted by atomic mass is 35.5. The summed E-state index contributed by atoms with van der Waals surface area (Å²) in [7, 11) is 0. The molecule has 2 N–H and O–H groups in total. The van der Waals surface area contributed by atoms with Gasteiger partial charge in [0.05, 0.1) is 6.04 Å². The van der Waals surface area contributed by atoms with Crippen LogP contribution in [0.2, 0.25) is 0 Å². The second-order valence-electron chi connectivity index (χ2n) is 5.70. The number of halogens is 2. The third-order valence-corrected chi connectivity index (χ3v) is 4.00. The van der Waals surface area contributed by atoms with E-state index in [1.165, 1.54) is 12.5 Å². The first-order chi connectivity index (χ1) is 9.56. The molecule has 0 saturated carbocycles. The number of nitrogens with one attached hydrogen (secondary N) is 2. The number of aryl methyl sites for hydroxylation is 1. The van der Waals surface area contributed by atoms with Crippen LogP contribution in [-0.4, -0.2) is 19.0 Å². The molecule has 1 heterocycles. The number of hydrogen-bond donors (Lipinski definition) is 2. The maximum absolute atomic E-state index is 13.2. The summed E-state index contributed by atoms with van der Waals surface area (Å²) < 4.78 is 13.2. The minimum Gasteiger partial charge on any atom is -0.350 e. The van der Waals surface area contributed by atoms with Gasteiger partial charge in [-0.15, -0.1) is 12.4 Å². The van der Waals surface area contributed by atoms with Crippen molar-refractivity contribution in [2.24, 2.45) is 5.92 Å². The Morgan fingerprint density at radius 1 is 1.52 bits per heavy atom. The summed E-state index contributed by atoms with van der Waals surface area (Å²) in [5.41, 5.74) is 1.56. The van der Waals surface area contributed by atoms with Crippen LogP contribution >= 0.6 is 12.4 Å². The molecule has 1 aromatic carbocycles. The first-order valence-electron chi connectivity index (χ1n) is 7.32. The van der Waals surface area contributed by atoms with Crippen molar-refractivity contribution in [3.8, 4) is 0 Å². The van der Waals surface area contributed by atoms with Gasteiger partial charge in [0.25, 0.3) is 0 Å². The third kappa shape index (κ3) is 5.29. The van der Waals surface area contributed by atoms with Crippen LogP contribution in [0.5, 0.6) is 0 Å². The van der Waals surface area contributed by atoms with Crippen LogP contribution in [0, 0.1) is 18.7 Å². The Labute approximate surface area is 132 Å². The minimum atomic E-state index is -0.207. The molecule has 0 aromatic heterocycles. The molecule has 21 heavy (non-hydrogen) atoms. The monoisotopic (exact) mass is 314 g/mol. The van der Waals surface area contributed by atoms with E-state index in [0.29, 0.717) is 17.9 Å². The van der Waals surface area contributed by atoms with Gasteiger partial charge in [0.15, 0.2) is 0 Å². The number of hydrogen-bond acceptors (Lipinski definition) is 2. The first kappa shape index (κ1) is 17.9. The van der Waals surface area contributed by atoms with Crippen molar-refractivity contribution in [2.75, 3.05) is 13.1 Å². The lowest BCUT2D eigenvalue weighted by molar-refractivity contribution is -0.122. The zero-order chi connectivity index (χ0) is 14.5. The van der Waals surface area contributed by atoms with Gasteiger partial charge in [0, 0.05) is 6.42 Å². The Morgan fingerprint density at radius 3 is 2.90 bits per heavy atom. The van der Waals surface area contributed by atoms with Crippen molar-refractivity contribution >= 4 is 18.3 Å². The normalized spacial score (nSPS) is 18.9. The predicted molar refractivity (Wildman–Crippen MR) is 85.2 cm³/mol. The zero-order valence-electron chi connectivity index (χ0n) is 12.6. The van der Waals surface area contributed by atoms with Crippen molar-refractivity contribution < 1.29 is 9.18 Å². The summed E-state index contributed by atoms with van der Waals surface area (Å²) in [6.45, 7) is 5.76. The predicted octanol–water partition coefficient (Wildman–Crippen LogP) is 3.12. The van der Waals surface area contributed by atoms with Gasteiger partial charge in [-0.2, -0.15) is 0 Å². The van der Waals surface area contributed by atoms with Crippen molar-refractivity contribution in [3.63, 3.8) is 0 Å². The number of rotatable bonds is 5. The Bertz CT molecular complexity index is 475. The van der Waals surface area contributed by atoms with Gasteiger partial charge < -0.3 is 10.6 Å². The molecule has 1 aliphatic heterocycles. The average molecular weight is 315 g/mol. The number of carbonyl (C=O) groups excluding carboxylic acids is 1. The van der Waals surface area contributed by atoms with Gasteiger partial charge in [-0.25, -0.2) is 4.39 Å². The van der Waals surface area contributed by atoms with Crippen molar-refractivity contribution in [2.45, 2.75) is 39.2 Å². The van der Waals surface area contributed by atoms with Crippen LogP contribution in [0.1, 0.15) is 43.4 Å². The summed E-state index contributed by atoms with van der Waals surface area (Å²) in [4.78, 5) is 11.9. The first-order valence-corrected chi connectivity index (χ1v) is 7.32. The Morgan fingerprint density at radius 2 is 2.29 bits per heavy atom. The van der Waals surface area contributed by atoms with Gasteiger partial charge >= 0.3 is 0 Å². The molecule has 3 nitrogen and oxygen atoms in total. The molecular weight excluding hydrogens is 291 g/mol. The molecular formula is C16H24ClFN2O. The summed E-state index contributed by atoms with van der Waals surface area (Å²) in [5, 5.41) is 6.29. The Hall–Kier alpha value is -1.13. The quantitative estimate of drug-likeness (QED) is 0.876. The van der Waals surface area contributed by atoms with E-state index in [9.17, 15) is 9.18 Å². The number of amides is 1. The largest absolute Gasteiger partial charge is 0.350 e. The number of benzene rings is 1. The van der Waals surface area contributed by atoms with Gasteiger partial charge in [0.2, 0.25) is 5.91 Å². The molecule has 1 fully saturated rings. The molecule has 118 valence electrons. The molecule has 1 aromatic rings. The molecule has 2 unspecified atom stereocenters. The van der Waals surface area contributed by atoms with Crippen LogP contribution in [-0.2, 0) is 4.79 Å². The SMILES string of the molecule is Cc1cc(C(C)NC(=O)CCC2CCNC2)ccc1F.Cl. The van der Waals surface area contributed by atoms with Gasteiger partial charge in [-0.05, 0) is 62.9 Å². The van der Waals surface area contributed by atoms with Crippen LogP contribution in [0.3, 0.4) is 0 Å². The summed E-state index contributed by atoms with van der Waals surface area (Å²) in [5.74, 6) is 0.497. The third-order valence-electron chi connectivity index (χ3n) is 4.00. The molecule has 1 amide bonds. The fraction of sp³-hybridized carbons (Fsp3) is 0.562. The second kappa shape index (κ2) is 8.35. The fourth-order valence-electron chi connectivity index (χ4n) is 2.63. The Kier molecular flexibility index (Phi) is 7.12. The fourth-order valence-corrected chi connectivity index (χ4v) is 2.63. The van der Waals surface area contributed by atoms with Gasteiger partial charge in [0.1, 0.15) is 5.82 Å². The van der Waals surface area contributed by atoms with E-state index >= 15 is 0 Å². The standard InChI is InChI=1S/C16H23FN2O.ClH/c1-11-9-14(4-5-15(11)17)12(2)19-16(20)6-3-13-7-8-18-10-13;/h4-5,9,12-13,18H,3,6-8,10H2,1-2H3,(H,19,20);1H. The van der Waals surface area contributed by atoms with E-state index in [1.807, 2.05) is 6.92 Å². The van der Waals surface area contributed by atoms with E-state index in [4.69, 9.17) is 0 Å². The van der Waals surface area contributed by atoms with E-state index in [2.05, 4.69) is 10.6 Å². The summed E-state index contributed by atoms with van der Waals surface area (Å²) >= 11 is 0. The van der Waals surface area contributed by atoms with Gasteiger partial charge in [-0.1, -0.05) is 12.1 Å². The lowest BCUT2D eigenvalue weighted by Crippen LogP contribution is -2.27. The Balaban J connectivity index is 0.00000220. The van der Waals surface area contributed by atoms with Crippen molar-refractivity contribution in [1.82, 2.24) is 10.6 Å². The van der Waals surface area contributed by atoms with E-state index in [0.717, 1.165) is 25.1 Å². The lowest BCUT2D eigenvalue weighted by atomic mass is 10.0. The minimum absolute atomic E-state index is 0. The molecule has 0 spiro atoms. The molecule has 0 bridgehead atoms. The number of carbonyl (C=O) groups is 1. The van der Waals surface area contributed by atoms with E-state index in [1.54, 1.807) is 19.1 Å². The average Bonchev–Trinajstić information content (AvgIpc) is 2.92. The maximum Gasteiger partial charge on any atom is 0.220 e. The van der Waals surface area contributed by atoms with E-state index < -0.39 is 0 Å². The molecule has 1 saturated heterocycles. The highest BCUT2D eigenvalue weighted by Crippen LogP contribution is 2.18. The highest BCUT2D eigenvalue weighted by Gasteiger charge is 2.17. The zero-order valence-corrected chi connectivity index (χ0v) is 13.4. The van der Waals surface area contributed by atoms with Crippen LogP contribution < -0.4 is 10.6 Å². The molecule has 0 aliphatic carbocycles. The molecule has 1 aliphatic rings. The second-order valence-corrected chi connectivity index (χ2v) is 5.70. The molecule has 5 heteroatoms. The lowest BCUT2D eigenvalue weighted by Gasteiger charge is -2.16. The topological polar surface area (TPSA) is 41.1 Å². The molecule has 2 atom stereocenters. The van der Waals surface area contributed by atoms with Gasteiger partial charge in [-0.3, -0.25) is 4.79 Å². The molecule has 0 radical (unpaired) electrons. The van der Waals surface area contributed by atoms with Crippen LogP contribution in [0.4, 0.5) is 4.39 Å². The van der Waals surface area contributed by atoms with E-state index in [-0.39, 0.29) is 30.2 Å². The van der Waals surface area contributed by atoms with Crippen molar-refractivity contribution in [1.29, 1.82) is 0 Å². The molecule has 2 rings (SSSR count). The van der Waals surface area contributed by atoms with Crippen LogP contribution in [0.15, 0.2) is 18.2 Å². The summed E-state index contributed by atoms with van der Waals surface area (Å²) in [6.07, 6.45) is 2.67. The highest BCUT2D eigenvalue weighted by molar-refractivity contribution is 5.85. The smallest absolute Gasteiger partial charge is 0.220 e. The van der Waals surface area contributed by atoms with Crippen molar-refractivity contribution in [3.05, 3.63) is 35.1 Å². The maximum atomic E-state index is 13.2. The van der Waals surface area contributed by atoms with Crippen LogP contribution in [0.25, 0.3) is 0 Å².